The van der Waals surface area contributed by atoms with Crippen LogP contribution in [0.5, 0.6) is 0 Å². The Labute approximate surface area is 53.3 Å². The molecule has 0 aromatic rings. The van der Waals surface area contributed by atoms with Crippen LogP contribution in [0.1, 0.15) is 6.92 Å². The zero-order valence-corrected chi connectivity index (χ0v) is 5.22. The Balaban J connectivity index is 4.36. The van der Waals surface area contributed by atoms with Crippen LogP contribution in [0.2, 0.25) is 0 Å². The lowest BCUT2D eigenvalue weighted by Crippen LogP contribution is -1.93. The highest BCUT2D eigenvalue weighted by Crippen LogP contribution is 1.96. The Morgan fingerprint density at radius 2 is 1.89 bits per heavy atom. The first-order chi connectivity index (χ1) is 4.26. The highest BCUT2D eigenvalue weighted by molar-refractivity contribution is 5.84. The van der Waals surface area contributed by atoms with Crippen molar-refractivity contribution in [3.8, 4) is 0 Å². The summed E-state index contributed by atoms with van der Waals surface area (Å²) in [5.41, 5.74) is 0.132. The summed E-state index contributed by atoms with van der Waals surface area (Å²) in [4.78, 5) is 19.7. The molecule has 9 heavy (non-hydrogen) atoms. The maximum atomic E-state index is 9.85. The lowest BCUT2D eigenvalue weighted by Gasteiger charge is -1.94. The molecule has 3 nitrogen and oxygen atoms in total. The third-order valence-corrected chi connectivity index (χ3v) is 0.791. The summed E-state index contributed by atoms with van der Waals surface area (Å²) in [5.74, 6) is -0.0926. The van der Waals surface area contributed by atoms with Crippen LogP contribution in [0.15, 0.2) is 11.3 Å². The molecule has 0 bridgehead atoms. The smallest absolute Gasteiger partial charge is 0.271 e. The minimum atomic E-state index is -0.0926. The van der Waals surface area contributed by atoms with Crippen LogP contribution < -0.4 is 0 Å². The van der Waals surface area contributed by atoms with Crippen molar-refractivity contribution in [2.24, 2.45) is 0 Å². The van der Waals surface area contributed by atoms with Crippen LogP contribution in [-0.4, -0.2) is 19.7 Å². The number of rotatable bonds is 3. The molecule has 0 saturated carbocycles. The van der Waals surface area contributed by atoms with E-state index in [1.807, 2.05) is 0 Å². The van der Waals surface area contributed by atoms with Gasteiger partial charge in [0.15, 0.2) is 5.76 Å². The molecule has 48 valence electrons. The van der Waals surface area contributed by atoms with Crippen molar-refractivity contribution >= 4 is 12.6 Å². The minimum absolute atomic E-state index is 0.0926. The van der Waals surface area contributed by atoms with E-state index in [-0.39, 0.29) is 11.3 Å². The van der Waals surface area contributed by atoms with Gasteiger partial charge >= 0.3 is 0 Å². The normalized spacial score (nSPS) is 11.8. The molecule has 0 aliphatic carbocycles. The molecule has 0 rings (SSSR count). The largest absolute Gasteiger partial charge is 0.492 e. The van der Waals surface area contributed by atoms with Crippen molar-refractivity contribution in [2.45, 2.75) is 6.92 Å². The molecule has 0 aromatic carbocycles. The molecule has 0 saturated heterocycles. The Hall–Kier alpha value is -1.12. The SMILES string of the molecule is CO/C([C]=O)=C(\C)[C]=O. The van der Waals surface area contributed by atoms with Crippen LogP contribution >= 0.6 is 0 Å². The quantitative estimate of drug-likeness (QED) is 0.398. The summed E-state index contributed by atoms with van der Waals surface area (Å²) in [7, 11) is 1.29. The molecular weight excluding hydrogens is 120 g/mol. The monoisotopic (exact) mass is 126 g/mol. The number of hydrogen-bond donors (Lipinski definition) is 0. The van der Waals surface area contributed by atoms with Gasteiger partial charge < -0.3 is 4.74 Å². The second-order valence-corrected chi connectivity index (χ2v) is 1.36. The van der Waals surface area contributed by atoms with Gasteiger partial charge in [-0.2, -0.15) is 0 Å². The second kappa shape index (κ2) is 3.83. The van der Waals surface area contributed by atoms with Crippen molar-refractivity contribution in [3.63, 3.8) is 0 Å². The summed E-state index contributed by atoms with van der Waals surface area (Å²) < 4.78 is 4.45. The van der Waals surface area contributed by atoms with Gasteiger partial charge in [0.1, 0.15) is 0 Å². The molecule has 3 heteroatoms. The van der Waals surface area contributed by atoms with Crippen LogP contribution in [0.3, 0.4) is 0 Å². The van der Waals surface area contributed by atoms with Gasteiger partial charge in [0.25, 0.3) is 6.29 Å². The molecule has 0 unspecified atom stereocenters. The van der Waals surface area contributed by atoms with Gasteiger partial charge in [-0.15, -0.1) is 0 Å². The van der Waals surface area contributed by atoms with E-state index in [4.69, 9.17) is 0 Å². The maximum Gasteiger partial charge on any atom is 0.271 e. The zero-order valence-electron chi connectivity index (χ0n) is 5.22. The third-order valence-electron chi connectivity index (χ3n) is 0.791. The fourth-order valence-electron chi connectivity index (χ4n) is 0.318. The van der Waals surface area contributed by atoms with E-state index in [1.165, 1.54) is 26.6 Å². The summed E-state index contributed by atoms with van der Waals surface area (Å²) in [6.07, 6.45) is 2.96. The van der Waals surface area contributed by atoms with Gasteiger partial charge in [-0.1, -0.05) is 0 Å². The minimum Gasteiger partial charge on any atom is -0.492 e. The average molecular weight is 126 g/mol. The Morgan fingerprint density at radius 3 is 2.00 bits per heavy atom. The van der Waals surface area contributed by atoms with E-state index in [2.05, 4.69) is 4.74 Å². The van der Waals surface area contributed by atoms with E-state index in [0.29, 0.717) is 0 Å². The van der Waals surface area contributed by atoms with Gasteiger partial charge in [0, 0.05) is 5.57 Å². The molecule has 0 aromatic heterocycles. The molecule has 0 fully saturated rings. The van der Waals surface area contributed by atoms with Gasteiger partial charge in [-0.3, -0.25) is 9.59 Å². The Morgan fingerprint density at radius 1 is 1.33 bits per heavy atom. The summed E-state index contributed by atoms with van der Waals surface area (Å²) in [5, 5.41) is 0. The van der Waals surface area contributed by atoms with Crippen molar-refractivity contribution in [3.05, 3.63) is 11.3 Å². The second-order valence-electron chi connectivity index (χ2n) is 1.36. The number of ether oxygens (including phenoxy) is 1. The Bertz CT molecular complexity index is 146. The average Bonchev–Trinajstić information content (AvgIpc) is 1.90. The summed E-state index contributed by atoms with van der Waals surface area (Å²) in [6, 6.07) is 0. The summed E-state index contributed by atoms with van der Waals surface area (Å²) in [6.45, 7) is 1.43. The first-order valence-electron chi connectivity index (χ1n) is 2.27. The van der Waals surface area contributed by atoms with E-state index < -0.39 is 0 Å². The lowest BCUT2D eigenvalue weighted by molar-refractivity contribution is 0.307. The van der Waals surface area contributed by atoms with Crippen molar-refractivity contribution in [2.75, 3.05) is 7.11 Å². The third kappa shape index (κ3) is 2.08. The van der Waals surface area contributed by atoms with E-state index >= 15 is 0 Å². The van der Waals surface area contributed by atoms with Crippen LogP contribution in [0.25, 0.3) is 0 Å². The maximum absolute atomic E-state index is 9.85. The zero-order chi connectivity index (χ0) is 7.28. The van der Waals surface area contributed by atoms with Crippen molar-refractivity contribution < 1.29 is 14.3 Å². The topological polar surface area (TPSA) is 43.4 Å². The molecule has 0 spiro atoms. The van der Waals surface area contributed by atoms with Gasteiger partial charge in [-0.05, 0) is 6.92 Å². The standard InChI is InChI=1S/C6H6O3/c1-5(3-7)6(4-8)9-2/h1-2H3/b6-5+. The van der Waals surface area contributed by atoms with Gasteiger partial charge in [0.2, 0.25) is 6.29 Å². The van der Waals surface area contributed by atoms with Crippen LogP contribution in [0, 0.1) is 0 Å². The first-order valence-corrected chi connectivity index (χ1v) is 2.27. The van der Waals surface area contributed by atoms with E-state index in [1.54, 1.807) is 0 Å². The number of hydrogen-bond acceptors (Lipinski definition) is 3. The van der Waals surface area contributed by atoms with E-state index in [9.17, 15) is 9.59 Å². The fraction of sp³-hybridized carbons (Fsp3) is 0.333. The number of carbonyl (C=O) groups excluding carboxylic acids is 2. The molecule has 0 heterocycles. The van der Waals surface area contributed by atoms with Crippen LogP contribution in [-0.2, 0) is 14.3 Å². The highest BCUT2D eigenvalue weighted by atomic mass is 16.5. The van der Waals surface area contributed by atoms with Crippen molar-refractivity contribution in [1.82, 2.24) is 0 Å². The Kier molecular flexibility index (Phi) is 3.35. The predicted molar refractivity (Wildman–Crippen MR) is 31.1 cm³/mol. The molecule has 0 aliphatic heterocycles. The fourth-order valence-corrected chi connectivity index (χ4v) is 0.318. The summed E-state index contributed by atoms with van der Waals surface area (Å²) >= 11 is 0. The molecule has 0 amide bonds. The first kappa shape index (κ1) is 7.88. The molecule has 0 N–H and O–H groups in total. The predicted octanol–water partition coefficient (Wildman–Crippen LogP) is 0.126. The van der Waals surface area contributed by atoms with E-state index in [0.717, 1.165) is 0 Å². The molecule has 0 atom stereocenters. The highest BCUT2D eigenvalue weighted by Gasteiger charge is 1.99. The van der Waals surface area contributed by atoms with Crippen LogP contribution in [0.4, 0.5) is 0 Å². The molecular formula is C6H6O3. The number of methoxy groups -OCH3 is 1. The molecule has 0 aliphatic rings. The lowest BCUT2D eigenvalue weighted by atomic mass is 10.3. The van der Waals surface area contributed by atoms with Gasteiger partial charge in [0.05, 0.1) is 7.11 Å². The van der Waals surface area contributed by atoms with Gasteiger partial charge in [-0.25, -0.2) is 0 Å². The van der Waals surface area contributed by atoms with Crippen molar-refractivity contribution in [1.29, 1.82) is 0 Å². The number of allylic oxidation sites excluding steroid dienone is 2. The molecule has 2 radical (unpaired) electrons.